The van der Waals surface area contributed by atoms with E-state index in [1.807, 2.05) is 30.5 Å². The van der Waals surface area contributed by atoms with E-state index in [4.69, 9.17) is 9.72 Å². The summed E-state index contributed by atoms with van der Waals surface area (Å²) in [5.74, 6) is -0.297. The molecule has 0 bridgehead atoms. The van der Waals surface area contributed by atoms with Crippen molar-refractivity contribution in [3.8, 4) is 0 Å². The van der Waals surface area contributed by atoms with Crippen molar-refractivity contribution in [1.29, 1.82) is 0 Å². The number of nitrogens with zero attached hydrogens (tertiary/aromatic N) is 2. The van der Waals surface area contributed by atoms with Crippen molar-refractivity contribution in [2.24, 2.45) is 0 Å². The highest BCUT2D eigenvalue weighted by Gasteiger charge is 2.23. The van der Waals surface area contributed by atoms with Crippen LogP contribution in [-0.2, 0) is 22.6 Å². The van der Waals surface area contributed by atoms with E-state index in [-0.39, 0.29) is 24.6 Å². The number of ether oxygens (including phenoxy) is 1. The van der Waals surface area contributed by atoms with Crippen molar-refractivity contribution in [3.05, 3.63) is 70.1 Å². The largest absolute Gasteiger partial charge is 0.460 e. The molecule has 0 atom stereocenters. The minimum atomic E-state index is -0.297. The molecule has 0 fully saturated rings. The van der Waals surface area contributed by atoms with Crippen LogP contribution in [0.15, 0.2) is 53.5 Å². The van der Waals surface area contributed by atoms with Gasteiger partial charge in [0.15, 0.2) is 0 Å². The summed E-state index contributed by atoms with van der Waals surface area (Å²) in [6.07, 6.45) is 1.99. The Labute approximate surface area is 146 Å². The second-order valence-corrected chi connectivity index (χ2v) is 6.73. The van der Waals surface area contributed by atoms with Gasteiger partial charge in [-0.15, -0.1) is 0 Å². The van der Waals surface area contributed by atoms with Crippen LogP contribution < -0.4 is 5.56 Å². The van der Waals surface area contributed by atoms with Gasteiger partial charge in [0.1, 0.15) is 6.61 Å². The fourth-order valence-corrected chi connectivity index (χ4v) is 4.10. The van der Waals surface area contributed by atoms with Gasteiger partial charge < -0.3 is 4.74 Å². The van der Waals surface area contributed by atoms with E-state index in [0.717, 1.165) is 43.7 Å². The fraction of sp³-hybridized carbons (Fsp3) is 0.0952. The Kier molecular flexibility index (Phi) is 2.43. The molecule has 5 heteroatoms. The maximum absolute atomic E-state index is 12.9. The Morgan fingerprint density at radius 3 is 2.77 bits per heavy atom. The maximum atomic E-state index is 12.9. The lowest BCUT2D eigenvalue weighted by atomic mass is 10.0. The smallest absolute Gasteiger partial charge is 0.310 e. The molecule has 124 valence electrons. The summed E-state index contributed by atoms with van der Waals surface area (Å²) in [6.45, 7) is 0.0404. The molecule has 1 aliphatic rings. The van der Waals surface area contributed by atoms with Crippen LogP contribution in [0.1, 0.15) is 11.1 Å². The first kappa shape index (κ1) is 13.8. The quantitative estimate of drug-likeness (QED) is 0.406. The van der Waals surface area contributed by atoms with Gasteiger partial charge in [-0.3, -0.25) is 14.0 Å². The molecule has 0 amide bonds. The molecule has 5 aromatic rings. The molecule has 2 aromatic carbocycles. The molecule has 1 aliphatic heterocycles. The number of benzene rings is 2. The minimum Gasteiger partial charge on any atom is -0.460 e. The zero-order valence-corrected chi connectivity index (χ0v) is 13.7. The molecular formula is C21H12N2O3. The number of carbonyl (C=O) groups is 1. The molecule has 0 unspecified atom stereocenters. The first-order valence-corrected chi connectivity index (χ1v) is 8.47. The van der Waals surface area contributed by atoms with Gasteiger partial charge in [-0.1, -0.05) is 30.3 Å². The average Bonchev–Trinajstić information content (AvgIpc) is 3.01. The second kappa shape index (κ2) is 4.58. The van der Waals surface area contributed by atoms with Crippen molar-refractivity contribution in [1.82, 2.24) is 9.38 Å². The molecule has 0 spiro atoms. The second-order valence-electron chi connectivity index (χ2n) is 6.73. The van der Waals surface area contributed by atoms with Crippen molar-refractivity contribution in [2.75, 3.05) is 0 Å². The van der Waals surface area contributed by atoms with Crippen LogP contribution in [0.4, 0.5) is 0 Å². The number of aromatic nitrogens is 2. The van der Waals surface area contributed by atoms with E-state index in [2.05, 4.69) is 18.2 Å². The lowest BCUT2D eigenvalue weighted by Crippen LogP contribution is -2.26. The molecule has 0 N–H and O–H groups in total. The maximum Gasteiger partial charge on any atom is 0.310 e. The predicted molar refractivity (Wildman–Crippen MR) is 98.7 cm³/mol. The molecule has 26 heavy (non-hydrogen) atoms. The summed E-state index contributed by atoms with van der Waals surface area (Å²) >= 11 is 0. The summed E-state index contributed by atoms with van der Waals surface area (Å²) in [5, 5.41) is 4.26. The number of fused-ring (bicyclic) bond motifs is 5. The van der Waals surface area contributed by atoms with Crippen LogP contribution in [0.3, 0.4) is 0 Å². The van der Waals surface area contributed by atoms with Crippen LogP contribution in [-0.4, -0.2) is 15.4 Å². The van der Waals surface area contributed by atoms with Crippen molar-refractivity contribution in [3.63, 3.8) is 0 Å². The number of hydrogen-bond acceptors (Lipinski definition) is 4. The van der Waals surface area contributed by atoms with Gasteiger partial charge in [-0.2, -0.15) is 0 Å². The molecule has 0 saturated heterocycles. The van der Waals surface area contributed by atoms with Crippen LogP contribution in [0.5, 0.6) is 0 Å². The number of esters is 1. The Morgan fingerprint density at radius 1 is 1.04 bits per heavy atom. The van der Waals surface area contributed by atoms with Gasteiger partial charge >= 0.3 is 5.97 Å². The Hall–Kier alpha value is -3.47. The van der Waals surface area contributed by atoms with Crippen LogP contribution in [0, 0.1) is 0 Å². The van der Waals surface area contributed by atoms with Gasteiger partial charge in [-0.05, 0) is 28.5 Å². The van der Waals surface area contributed by atoms with Crippen LogP contribution in [0.25, 0.3) is 38.1 Å². The molecule has 4 heterocycles. The zero-order chi connectivity index (χ0) is 17.4. The summed E-state index contributed by atoms with van der Waals surface area (Å²) in [4.78, 5) is 29.4. The number of pyridine rings is 2. The van der Waals surface area contributed by atoms with E-state index >= 15 is 0 Å². The van der Waals surface area contributed by atoms with Gasteiger partial charge in [0.05, 0.1) is 28.5 Å². The first-order valence-electron chi connectivity index (χ1n) is 8.47. The Balaban J connectivity index is 1.86. The monoisotopic (exact) mass is 340 g/mol. The zero-order valence-electron chi connectivity index (χ0n) is 13.7. The summed E-state index contributed by atoms with van der Waals surface area (Å²) in [5.41, 5.74) is 3.60. The third-order valence-electron chi connectivity index (χ3n) is 5.31. The molecular weight excluding hydrogens is 328 g/mol. The van der Waals surface area contributed by atoms with Crippen molar-refractivity contribution < 1.29 is 9.53 Å². The topological polar surface area (TPSA) is 60.7 Å². The highest BCUT2D eigenvalue weighted by molar-refractivity contribution is 6.21. The third-order valence-corrected chi connectivity index (χ3v) is 5.31. The number of hydrogen-bond donors (Lipinski definition) is 0. The Bertz CT molecular complexity index is 1440. The Morgan fingerprint density at radius 2 is 1.88 bits per heavy atom. The van der Waals surface area contributed by atoms with E-state index in [1.54, 1.807) is 4.40 Å². The van der Waals surface area contributed by atoms with Gasteiger partial charge in [-0.25, -0.2) is 4.98 Å². The molecule has 6 rings (SSSR count). The number of carbonyl (C=O) groups excluding carboxylic acids is 1. The summed E-state index contributed by atoms with van der Waals surface area (Å²) in [6, 6.07) is 14.1. The fourth-order valence-electron chi connectivity index (χ4n) is 4.10. The van der Waals surface area contributed by atoms with Crippen LogP contribution >= 0.6 is 0 Å². The molecule has 0 aliphatic carbocycles. The van der Waals surface area contributed by atoms with Crippen molar-refractivity contribution >= 4 is 44.1 Å². The minimum absolute atomic E-state index is 0.0404. The first-order chi connectivity index (χ1) is 12.7. The molecule has 3 aromatic heterocycles. The average molecular weight is 340 g/mol. The van der Waals surface area contributed by atoms with Crippen molar-refractivity contribution in [2.45, 2.75) is 13.0 Å². The van der Waals surface area contributed by atoms with E-state index in [0.29, 0.717) is 5.56 Å². The molecule has 5 nitrogen and oxygen atoms in total. The third kappa shape index (κ3) is 1.62. The van der Waals surface area contributed by atoms with Gasteiger partial charge in [0.2, 0.25) is 0 Å². The normalized spacial score (nSPS) is 14.4. The standard InChI is InChI=1S/C21H12N2O3/c24-18-8-12-7-17-20-14(9-23(17)21(25)15(12)10-26-18)13-5-1-3-11-4-2-6-16(22-20)19(11)13/h1-7,9H,8,10H2. The van der Waals surface area contributed by atoms with E-state index < -0.39 is 0 Å². The van der Waals surface area contributed by atoms with Crippen LogP contribution in [0.2, 0.25) is 0 Å². The molecule has 0 radical (unpaired) electrons. The predicted octanol–water partition coefficient (Wildman–Crippen LogP) is 3.19. The van der Waals surface area contributed by atoms with E-state index in [9.17, 15) is 9.59 Å². The lowest BCUT2D eigenvalue weighted by Gasteiger charge is -2.15. The molecule has 0 saturated carbocycles. The number of cyclic esters (lactones) is 1. The lowest BCUT2D eigenvalue weighted by molar-refractivity contribution is -0.145. The number of rotatable bonds is 0. The SMILES string of the molecule is O=C1Cc2cc3c4nc5cccc6cccc(c4cn3c(=O)c2CO1)c65. The van der Waals surface area contributed by atoms with Gasteiger partial charge in [0.25, 0.3) is 5.56 Å². The highest BCUT2D eigenvalue weighted by Crippen LogP contribution is 2.34. The summed E-state index contributed by atoms with van der Waals surface area (Å²) < 4.78 is 6.69. The van der Waals surface area contributed by atoms with Gasteiger partial charge in [0, 0.05) is 17.0 Å². The van der Waals surface area contributed by atoms with E-state index in [1.165, 1.54) is 0 Å². The summed E-state index contributed by atoms with van der Waals surface area (Å²) in [7, 11) is 0. The highest BCUT2D eigenvalue weighted by atomic mass is 16.5.